The lowest BCUT2D eigenvalue weighted by atomic mass is 9.96. The van der Waals surface area contributed by atoms with Crippen LogP contribution in [0.1, 0.15) is 22.4 Å². The number of carbonyl (C=O) groups is 1. The molecule has 1 saturated heterocycles. The normalized spacial score (nSPS) is 18.8. The third-order valence-electron chi connectivity index (χ3n) is 6.75. The van der Waals surface area contributed by atoms with Gasteiger partial charge in [0.2, 0.25) is 5.91 Å². The summed E-state index contributed by atoms with van der Waals surface area (Å²) in [5, 5.41) is 8.12. The van der Waals surface area contributed by atoms with E-state index in [0.29, 0.717) is 0 Å². The number of nitrogens with zero attached hydrogens (tertiary/aromatic N) is 5. The van der Waals surface area contributed by atoms with E-state index in [2.05, 4.69) is 40.4 Å². The Kier molecular flexibility index (Phi) is 4.06. The molecule has 0 spiro atoms. The van der Waals surface area contributed by atoms with Gasteiger partial charge in [-0.1, -0.05) is 18.2 Å². The summed E-state index contributed by atoms with van der Waals surface area (Å²) < 4.78 is 1.99. The maximum atomic E-state index is 13.2. The Balaban J connectivity index is 1.30. The van der Waals surface area contributed by atoms with Crippen LogP contribution < -0.4 is 15.1 Å². The zero-order valence-electron chi connectivity index (χ0n) is 17.3. The highest BCUT2D eigenvalue weighted by atomic mass is 16.2. The Labute approximate surface area is 175 Å². The highest BCUT2D eigenvalue weighted by molar-refractivity contribution is 5.98. The monoisotopic (exact) mass is 402 g/mol. The molecule has 0 bridgehead atoms. The Morgan fingerprint density at radius 3 is 2.87 bits per heavy atom. The van der Waals surface area contributed by atoms with Crippen molar-refractivity contribution in [2.45, 2.75) is 26.2 Å². The number of nitrogens with one attached hydrogen (secondary N) is 1. The third-order valence-corrected chi connectivity index (χ3v) is 6.75. The van der Waals surface area contributed by atoms with Gasteiger partial charge in [0, 0.05) is 49.4 Å². The topological polar surface area (TPSA) is 65.8 Å². The Hall–Kier alpha value is -2.93. The molecule has 154 valence electrons. The molecule has 6 rings (SSSR count). The van der Waals surface area contributed by atoms with Crippen LogP contribution in [-0.2, 0) is 24.1 Å². The molecule has 7 heteroatoms. The van der Waals surface area contributed by atoms with Gasteiger partial charge in [0.05, 0.1) is 17.8 Å². The molecule has 0 atom stereocenters. The SMILES string of the molecule is Cc1cnn2c(N3CC(C(=O)N4CCc5ccccc54)C3)c3c(nc12)CCNCC3. The first-order valence-corrected chi connectivity index (χ1v) is 10.9. The molecule has 2 aromatic heterocycles. The summed E-state index contributed by atoms with van der Waals surface area (Å²) in [5.41, 5.74) is 6.87. The zero-order chi connectivity index (χ0) is 20.2. The van der Waals surface area contributed by atoms with Crippen LogP contribution >= 0.6 is 0 Å². The molecule has 1 aromatic carbocycles. The van der Waals surface area contributed by atoms with Gasteiger partial charge in [-0.25, -0.2) is 4.98 Å². The maximum Gasteiger partial charge on any atom is 0.233 e. The molecule has 3 aliphatic heterocycles. The largest absolute Gasteiger partial charge is 0.354 e. The first-order valence-electron chi connectivity index (χ1n) is 10.9. The van der Waals surface area contributed by atoms with Crippen molar-refractivity contribution < 1.29 is 4.79 Å². The van der Waals surface area contributed by atoms with Crippen molar-refractivity contribution in [3.8, 4) is 0 Å². The van der Waals surface area contributed by atoms with Gasteiger partial charge in [0.25, 0.3) is 0 Å². The fraction of sp³-hybridized carbons (Fsp3) is 0.435. The van der Waals surface area contributed by atoms with Gasteiger partial charge in [0.15, 0.2) is 5.65 Å². The Bertz CT molecular complexity index is 1150. The number of amides is 1. The lowest BCUT2D eigenvalue weighted by Gasteiger charge is -2.42. The minimum atomic E-state index is 0.0376. The summed E-state index contributed by atoms with van der Waals surface area (Å²) in [6, 6.07) is 8.28. The number of hydrogen-bond acceptors (Lipinski definition) is 5. The van der Waals surface area contributed by atoms with E-state index in [4.69, 9.17) is 4.98 Å². The van der Waals surface area contributed by atoms with Crippen LogP contribution in [0.15, 0.2) is 30.5 Å². The van der Waals surface area contributed by atoms with Crippen molar-refractivity contribution in [2.24, 2.45) is 5.92 Å². The van der Waals surface area contributed by atoms with Crippen molar-refractivity contribution in [1.29, 1.82) is 0 Å². The van der Waals surface area contributed by atoms with E-state index in [0.717, 1.165) is 74.7 Å². The van der Waals surface area contributed by atoms with E-state index < -0.39 is 0 Å². The third kappa shape index (κ3) is 2.65. The number of anilines is 2. The maximum absolute atomic E-state index is 13.2. The molecule has 7 nitrogen and oxygen atoms in total. The van der Waals surface area contributed by atoms with E-state index in [1.807, 2.05) is 21.7 Å². The molecule has 1 N–H and O–H groups in total. The predicted octanol–water partition coefficient (Wildman–Crippen LogP) is 1.75. The summed E-state index contributed by atoms with van der Waals surface area (Å²) in [5.74, 6) is 1.43. The molecule has 3 aromatic rings. The van der Waals surface area contributed by atoms with Gasteiger partial charge < -0.3 is 15.1 Å². The molecular weight excluding hydrogens is 376 g/mol. The number of fused-ring (bicyclic) bond motifs is 3. The summed E-state index contributed by atoms with van der Waals surface area (Å²) in [6.45, 7) is 6.26. The first kappa shape index (κ1) is 17.9. The average Bonchev–Trinajstić information content (AvgIpc) is 3.22. The minimum Gasteiger partial charge on any atom is -0.354 e. The van der Waals surface area contributed by atoms with Crippen molar-refractivity contribution in [3.63, 3.8) is 0 Å². The highest BCUT2D eigenvalue weighted by Crippen LogP contribution is 2.35. The Morgan fingerprint density at radius 1 is 1.13 bits per heavy atom. The zero-order valence-corrected chi connectivity index (χ0v) is 17.3. The van der Waals surface area contributed by atoms with Gasteiger partial charge in [-0.15, -0.1) is 0 Å². The van der Waals surface area contributed by atoms with Crippen molar-refractivity contribution in [1.82, 2.24) is 19.9 Å². The molecular formula is C23H26N6O. The first-order chi connectivity index (χ1) is 14.7. The van der Waals surface area contributed by atoms with Crippen LogP contribution in [0.25, 0.3) is 5.65 Å². The van der Waals surface area contributed by atoms with E-state index in [1.54, 1.807) is 0 Å². The van der Waals surface area contributed by atoms with E-state index >= 15 is 0 Å². The van der Waals surface area contributed by atoms with Gasteiger partial charge in [-0.2, -0.15) is 9.61 Å². The summed E-state index contributed by atoms with van der Waals surface area (Å²) in [7, 11) is 0. The molecule has 0 radical (unpaired) electrons. The molecule has 0 unspecified atom stereocenters. The number of hydrogen-bond donors (Lipinski definition) is 1. The van der Waals surface area contributed by atoms with Crippen molar-refractivity contribution in [3.05, 3.63) is 52.8 Å². The second-order valence-electron chi connectivity index (χ2n) is 8.64. The smallest absolute Gasteiger partial charge is 0.233 e. The summed E-state index contributed by atoms with van der Waals surface area (Å²) in [4.78, 5) is 22.5. The average molecular weight is 403 g/mol. The summed E-state index contributed by atoms with van der Waals surface area (Å²) >= 11 is 0. The molecule has 0 saturated carbocycles. The fourth-order valence-corrected chi connectivity index (χ4v) is 5.09. The summed E-state index contributed by atoms with van der Waals surface area (Å²) in [6.07, 6.45) is 4.73. The van der Waals surface area contributed by atoms with Crippen LogP contribution in [0.2, 0.25) is 0 Å². The molecule has 0 aliphatic carbocycles. The molecule has 3 aliphatic rings. The number of carbonyl (C=O) groups excluding carboxylic acids is 1. The van der Waals surface area contributed by atoms with Crippen molar-refractivity contribution >= 4 is 23.1 Å². The number of aryl methyl sites for hydroxylation is 1. The number of benzene rings is 1. The molecule has 30 heavy (non-hydrogen) atoms. The minimum absolute atomic E-state index is 0.0376. The lowest BCUT2D eigenvalue weighted by molar-refractivity contribution is -0.123. The van der Waals surface area contributed by atoms with E-state index in [1.165, 1.54) is 16.8 Å². The molecule has 1 fully saturated rings. The van der Waals surface area contributed by atoms with Crippen LogP contribution in [0.4, 0.5) is 11.5 Å². The quantitative estimate of drug-likeness (QED) is 0.708. The fourth-order valence-electron chi connectivity index (χ4n) is 5.09. The Morgan fingerprint density at radius 2 is 1.97 bits per heavy atom. The lowest BCUT2D eigenvalue weighted by Crippen LogP contribution is -2.55. The number of para-hydroxylation sites is 1. The second kappa shape index (κ2) is 6.80. The number of rotatable bonds is 2. The van der Waals surface area contributed by atoms with Gasteiger partial charge in [-0.3, -0.25) is 4.79 Å². The van der Waals surface area contributed by atoms with Gasteiger partial charge in [0.1, 0.15) is 5.82 Å². The second-order valence-corrected chi connectivity index (χ2v) is 8.64. The van der Waals surface area contributed by atoms with Gasteiger partial charge >= 0.3 is 0 Å². The standard InChI is InChI=1S/C23H26N6O/c1-15-12-25-29-21(15)26-19-7-10-24-9-6-18(19)22(29)27-13-17(14-27)23(30)28-11-8-16-4-2-3-5-20(16)28/h2-5,12,17,24H,6-11,13-14H2,1H3. The van der Waals surface area contributed by atoms with Crippen LogP contribution in [-0.4, -0.2) is 53.2 Å². The van der Waals surface area contributed by atoms with E-state index in [-0.39, 0.29) is 11.8 Å². The predicted molar refractivity (Wildman–Crippen MR) is 116 cm³/mol. The van der Waals surface area contributed by atoms with Crippen LogP contribution in [0.5, 0.6) is 0 Å². The van der Waals surface area contributed by atoms with Gasteiger partial charge in [-0.05, 0) is 37.9 Å². The highest BCUT2D eigenvalue weighted by Gasteiger charge is 2.40. The van der Waals surface area contributed by atoms with Crippen molar-refractivity contribution in [2.75, 3.05) is 42.5 Å². The van der Waals surface area contributed by atoms with Crippen LogP contribution in [0.3, 0.4) is 0 Å². The number of aromatic nitrogens is 3. The van der Waals surface area contributed by atoms with Crippen LogP contribution in [0, 0.1) is 12.8 Å². The van der Waals surface area contributed by atoms with E-state index in [9.17, 15) is 4.79 Å². The molecule has 1 amide bonds. The molecule has 5 heterocycles.